The van der Waals surface area contributed by atoms with Crippen molar-refractivity contribution in [2.24, 2.45) is 7.05 Å². The molecule has 0 aromatic carbocycles. The smallest absolute Gasteiger partial charge is 0.407 e. The van der Waals surface area contributed by atoms with Gasteiger partial charge in [0.2, 0.25) is 0 Å². The van der Waals surface area contributed by atoms with Gasteiger partial charge in [-0.05, 0) is 45.9 Å². The molecular weight excluding hydrogens is 504 g/mol. The van der Waals surface area contributed by atoms with E-state index in [4.69, 9.17) is 14.2 Å². The van der Waals surface area contributed by atoms with Gasteiger partial charge in [0.1, 0.15) is 5.60 Å². The van der Waals surface area contributed by atoms with E-state index in [2.05, 4.69) is 25.7 Å². The molecule has 12 heteroatoms. The highest BCUT2D eigenvalue weighted by Crippen LogP contribution is 2.36. The molecule has 0 saturated heterocycles. The number of hydrogen-bond acceptors (Lipinski definition) is 8. The molecule has 12 nitrogen and oxygen atoms in total. The Morgan fingerprint density at radius 1 is 1.18 bits per heavy atom. The van der Waals surface area contributed by atoms with Crippen LogP contribution in [0.3, 0.4) is 0 Å². The number of carbonyl (C=O) groups excluding carboxylic acids is 3. The lowest BCUT2D eigenvalue weighted by atomic mass is 10.0. The molecular formula is C27H32N6O6. The maximum atomic E-state index is 12.8. The van der Waals surface area contributed by atoms with Crippen molar-refractivity contribution in [2.45, 2.75) is 39.9 Å². The zero-order chi connectivity index (χ0) is 28.3. The van der Waals surface area contributed by atoms with Crippen LogP contribution in [0.25, 0.3) is 22.9 Å². The van der Waals surface area contributed by atoms with Gasteiger partial charge < -0.3 is 29.8 Å². The first-order valence-electron chi connectivity index (χ1n) is 12.3. The molecule has 3 aromatic heterocycles. The minimum atomic E-state index is -0.573. The number of anilines is 1. The van der Waals surface area contributed by atoms with E-state index < -0.39 is 17.7 Å². The second-order valence-electron chi connectivity index (χ2n) is 10.0. The lowest BCUT2D eigenvalue weighted by molar-refractivity contribution is -0.110. The van der Waals surface area contributed by atoms with Gasteiger partial charge in [0, 0.05) is 30.4 Å². The summed E-state index contributed by atoms with van der Waals surface area (Å²) in [5, 5.41) is 9.83. The maximum absolute atomic E-state index is 12.8. The second kappa shape index (κ2) is 11.1. The number of hydrogen-bond donors (Lipinski definition) is 3. The van der Waals surface area contributed by atoms with Crippen LogP contribution >= 0.6 is 0 Å². The minimum absolute atomic E-state index is 0.227. The third kappa shape index (κ3) is 6.34. The summed E-state index contributed by atoms with van der Waals surface area (Å²) in [6.45, 7) is 7.99. The van der Waals surface area contributed by atoms with Gasteiger partial charge in [0.05, 0.1) is 66.6 Å². The lowest BCUT2D eigenvalue weighted by Crippen LogP contribution is -2.34. The largest absolute Gasteiger partial charge is 0.465 e. The van der Waals surface area contributed by atoms with Gasteiger partial charge >= 0.3 is 12.1 Å². The Hall–Kier alpha value is -4.45. The molecule has 0 spiro atoms. The summed E-state index contributed by atoms with van der Waals surface area (Å²) in [7, 11) is 3.11. The fourth-order valence-corrected chi connectivity index (χ4v) is 4.08. The number of aryl methyl sites for hydroxylation is 2. The van der Waals surface area contributed by atoms with Crippen molar-refractivity contribution in [3.05, 3.63) is 52.7 Å². The van der Waals surface area contributed by atoms with Gasteiger partial charge in [-0.1, -0.05) is 0 Å². The summed E-state index contributed by atoms with van der Waals surface area (Å²) < 4.78 is 17.6. The number of aromatic amines is 1. The van der Waals surface area contributed by atoms with Crippen molar-refractivity contribution < 1.29 is 28.6 Å². The van der Waals surface area contributed by atoms with Crippen LogP contribution in [0.4, 0.5) is 10.5 Å². The lowest BCUT2D eigenvalue weighted by Gasteiger charge is -2.19. The number of pyridine rings is 1. The molecule has 3 N–H and O–H groups in total. The van der Waals surface area contributed by atoms with Gasteiger partial charge in [-0.2, -0.15) is 5.10 Å². The second-order valence-corrected chi connectivity index (χ2v) is 10.0. The van der Waals surface area contributed by atoms with E-state index in [9.17, 15) is 14.4 Å². The summed E-state index contributed by atoms with van der Waals surface area (Å²) in [6, 6.07) is 3.48. The number of amides is 2. The van der Waals surface area contributed by atoms with Crippen molar-refractivity contribution in [2.75, 3.05) is 25.6 Å². The van der Waals surface area contributed by atoms with Crippen molar-refractivity contribution in [1.29, 1.82) is 0 Å². The standard InChI is InChI=1S/C27H32N6O6/c1-15-9-18(25(35)37-6)21(31-15)11-17-16-10-20(29-13-22(16)32-24(17)34)19-12-30-33(5)23(19)14-38-8-7-28-26(36)39-27(2,3)4/h9-13,31H,7-8,14H2,1-6H3,(H,28,36)(H,32,34)/b17-11-. The van der Waals surface area contributed by atoms with E-state index in [1.54, 1.807) is 63.1 Å². The number of nitrogens with zero attached hydrogens (tertiary/aromatic N) is 3. The van der Waals surface area contributed by atoms with Crippen molar-refractivity contribution >= 4 is 35.3 Å². The Morgan fingerprint density at radius 3 is 2.67 bits per heavy atom. The third-order valence-corrected chi connectivity index (χ3v) is 5.85. The number of ether oxygens (including phenoxy) is 3. The fourth-order valence-electron chi connectivity index (χ4n) is 4.08. The van der Waals surface area contributed by atoms with Gasteiger partial charge in [0.15, 0.2) is 0 Å². The Morgan fingerprint density at radius 2 is 1.95 bits per heavy atom. The summed E-state index contributed by atoms with van der Waals surface area (Å²) in [5.41, 5.74) is 4.71. The number of aromatic nitrogens is 4. The van der Waals surface area contributed by atoms with Crippen LogP contribution in [-0.4, -0.2) is 63.6 Å². The van der Waals surface area contributed by atoms with E-state index >= 15 is 0 Å². The number of alkyl carbamates (subject to hydrolysis) is 1. The van der Waals surface area contributed by atoms with Crippen LogP contribution in [-0.2, 0) is 32.7 Å². The topological polar surface area (TPSA) is 149 Å². The number of H-pyrrole nitrogens is 1. The average Bonchev–Trinajstić information content (AvgIpc) is 3.52. The Bertz CT molecular complexity index is 1450. The Labute approximate surface area is 225 Å². The molecule has 39 heavy (non-hydrogen) atoms. The highest BCUT2D eigenvalue weighted by molar-refractivity contribution is 6.35. The maximum Gasteiger partial charge on any atom is 0.407 e. The first-order valence-corrected chi connectivity index (χ1v) is 12.3. The van der Waals surface area contributed by atoms with Crippen LogP contribution in [0.5, 0.6) is 0 Å². The molecule has 206 valence electrons. The normalized spacial score (nSPS) is 13.8. The van der Waals surface area contributed by atoms with Crippen molar-refractivity contribution in [1.82, 2.24) is 25.1 Å². The SMILES string of the molecule is COC(=O)c1cc(C)[nH]c1/C=C1\C(=O)Nc2cnc(-c3cnn(C)c3COCCNC(=O)OC(C)(C)C)cc21. The zero-order valence-electron chi connectivity index (χ0n) is 22.8. The molecule has 1 aliphatic heterocycles. The van der Waals surface area contributed by atoms with Crippen LogP contribution < -0.4 is 10.6 Å². The first kappa shape index (κ1) is 27.6. The predicted octanol–water partition coefficient (Wildman–Crippen LogP) is 3.44. The molecule has 1 aliphatic rings. The summed E-state index contributed by atoms with van der Waals surface area (Å²) in [4.78, 5) is 44.5. The van der Waals surface area contributed by atoms with Crippen LogP contribution in [0, 0.1) is 6.92 Å². The molecule has 4 rings (SSSR count). The molecule has 0 unspecified atom stereocenters. The van der Waals surface area contributed by atoms with Crippen LogP contribution in [0.2, 0.25) is 0 Å². The molecule has 0 atom stereocenters. The van der Waals surface area contributed by atoms with E-state index in [0.29, 0.717) is 33.8 Å². The molecule has 0 fully saturated rings. The van der Waals surface area contributed by atoms with Gasteiger partial charge in [-0.25, -0.2) is 9.59 Å². The number of esters is 1. The Kier molecular flexibility index (Phi) is 7.86. The molecule has 0 saturated carbocycles. The number of rotatable bonds is 8. The predicted molar refractivity (Wildman–Crippen MR) is 144 cm³/mol. The van der Waals surface area contributed by atoms with E-state index in [0.717, 1.165) is 17.0 Å². The summed E-state index contributed by atoms with van der Waals surface area (Å²) >= 11 is 0. The van der Waals surface area contributed by atoms with E-state index in [1.807, 2.05) is 6.92 Å². The van der Waals surface area contributed by atoms with E-state index in [1.165, 1.54) is 7.11 Å². The molecule has 0 radical (unpaired) electrons. The number of methoxy groups -OCH3 is 1. The highest BCUT2D eigenvalue weighted by Gasteiger charge is 2.27. The number of nitrogens with one attached hydrogen (secondary N) is 3. The monoisotopic (exact) mass is 536 g/mol. The third-order valence-electron chi connectivity index (χ3n) is 5.85. The molecule has 4 heterocycles. The number of fused-ring (bicyclic) bond motifs is 1. The molecule has 0 aliphatic carbocycles. The highest BCUT2D eigenvalue weighted by atomic mass is 16.6. The Balaban J connectivity index is 1.52. The van der Waals surface area contributed by atoms with Crippen LogP contribution in [0.15, 0.2) is 24.5 Å². The molecule has 2 amide bonds. The van der Waals surface area contributed by atoms with E-state index in [-0.39, 0.29) is 25.7 Å². The molecule has 0 bridgehead atoms. The number of carbonyl (C=O) groups is 3. The summed E-state index contributed by atoms with van der Waals surface area (Å²) in [5.74, 6) is -0.805. The average molecular weight is 537 g/mol. The molecule has 3 aromatic rings. The van der Waals surface area contributed by atoms with Crippen LogP contribution in [0.1, 0.15) is 53.8 Å². The van der Waals surface area contributed by atoms with Crippen molar-refractivity contribution in [3.8, 4) is 11.3 Å². The summed E-state index contributed by atoms with van der Waals surface area (Å²) in [6.07, 6.45) is 4.40. The first-order chi connectivity index (χ1) is 18.5. The quantitative estimate of drug-likeness (QED) is 0.225. The fraction of sp³-hybridized carbons (Fsp3) is 0.370. The van der Waals surface area contributed by atoms with Gasteiger partial charge in [0.25, 0.3) is 5.91 Å². The van der Waals surface area contributed by atoms with Gasteiger partial charge in [-0.15, -0.1) is 0 Å². The minimum Gasteiger partial charge on any atom is -0.465 e. The van der Waals surface area contributed by atoms with Gasteiger partial charge in [-0.3, -0.25) is 14.5 Å². The van der Waals surface area contributed by atoms with Crippen molar-refractivity contribution in [3.63, 3.8) is 0 Å². The zero-order valence-corrected chi connectivity index (χ0v) is 22.8.